The zero-order chi connectivity index (χ0) is 8.43. The first-order chi connectivity index (χ1) is 5.11. The van der Waals surface area contributed by atoms with Crippen molar-refractivity contribution < 1.29 is 18.0 Å². The second-order valence-electron chi connectivity index (χ2n) is 1.90. The molecule has 60 valence electrons. The predicted molar refractivity (Wildman–Crippen MR) is 31.2 cm³/mol. The molecule has 0 aromatic carbocycles. The lowest BCUT2D eigenvalue weighted by Gasteiger charge is -1.91. The highest BCUT2D eigenvalue weighted by Crippen LogP contribution is 2.17. The van der Waals surface area contributed by atoms with Gasteiger partial charge in [-0.15, -0.1) is 0 Å². The molecule has 0 radical (unpaired) electrons. The highest BCUT2D eigenvalue weighted by Gasteiger charge is 2.12. The SMILES string of the molecule is O=C(F)c1ccc(C(F)F)[nH]1. The molecule has 0 spiro atoms. The topological polar surface area (TPSA) is 32.9 Å². The molecule has 0 aliphatic rings. The fourth-order valence-corrected chi connectivity index (χ4v) is 0.654. The van der Waals surface area contributed by atoms with Crippen LogP contribution in [0.5, 0.6) is 0 Å². The standard InChI is InChI=1S/C6H4F3NO/c7-5(8)3-1-2-4(10-3)6(9)11/h1-2,5,10H. The molecule has 0 bridgehead atoms. The van der Waals surface area contributed by atoms with Gasteiger partial charge in [0.1, 0.15) is 5.69 Å². The zero-order valence-electron chi connectivity index (χ0n) is 5.27. The summed E-state index contributed by atoms with van der Waals surface area (Å²) in [6.45, 7) is 0. The number of hydrogen-bond donors (Lipinski definition) is 1. The summed E-state index contributed by atoms with van der Waals surface area (Å²) in [5.74, 6) is 0. The lowest BCUT2D eigenvalue weighted by atomic mass is 10.4. The van der Waals surface area contributed by atoms with Crippen molar-refractivity contribution >= 4 is 6.04 Å². The van der Waals surface area contributed by atoms with E-state index in [1.807, 2.05) is 4.98 Å². The monoisotopic (exact) mass is 163 g/mol. The summed E-state index contributed by atoms with van der Waals surface area (Å²) >= 11 is 0. The smallest absolute Gasteiger partial charge is 0.348 e. The Morgan fingerprint density at radius 2 is 2.09 bits per heavy atom. The Bertz CT molecular complexity index is 269. The minimum absolute atomic E-state index is 0.444. The normalized spacial score (nSPS) is 10.5. The summed E-state index contributed by atoms with van der Waals surface area (Å²) in [4.78, 5) is 11.9. The predicted octanol–water partition coefficient (Wildman–Crippen LogP) is 2.06. The number of carbonyl (C=O) groups is 1. The molecule has 11 heavy (non-hydrogen) atoms. The molecule has 0 aliphatic carbocycles. The molecule has 2 nitrogen and oxygen atoms in total. The lowest BCUT2D eigenvalue weighted by molar-refractivity contribution is 0.0830. The van der Waals surface area contributed by atoms with E-state index in [0.29, 0.717) is 0 Å². The molecule has 0 atom stereocenters. The van der Waals surface area contributed by atoms with Crippen molar-refractivity contribution in [2.75, 3.05) is 0 Å². The Hall–Kier alpha value is -1.26. The number of halogens is 3. The van der Waals surface area contributed by atoms with E-state index in [1.165, 1.54) is 0 Å². The molecule has 1 aromatic heterocycles. The van der Waals surface area contributed by atoms with Crippen LogP contribution in [-0.4, -0.2) is 11.0 Å². The molecule has 0 saturated heterocycles. The quantitative estimate of drug-likeness (QED) is 0.665. The number of rotatable bonds is 2. The van der Waals surface area contributed by atoms with Crippen LogP contribution in [0, 0.1) is 0 Å². The summed E-state index contributed by atoms with van der Waals surface area (Å²) in [5.41, 5.74) is -0.897. The largest absolute Gasteiger partial charge is 0.349 e. The van der Waals surface area contributed by atoms with Gasteiger partial charge in [-0.2, -0.15) is 4.39 Å². The van der Waals surface area contributed by atoms with E-state index in [-0.39, 0.29) is 0 Å². The van der Waals surface area contributed by atoms with Crippen LogP contribution < -0.4 is 0 Å². The number of H-pyrrole nitrogens is 1. The van der Waals surface area contributed by atoms with Crippen molar-refractivity contribution in [2.24, 2.45) is 0 Å². The first-order valence-electron chi connectivity index (χ1n) is 2.78. The van der Waals surface area contributed by atoms with Gasteiger partial charge in [0.2, 0.25) is 0 Å². The van der Waals surface area contributed by atoms with Gasteiger partial charge in [-0.1, -0.05) is 0 Å². The molecule has 0 amide bonds. The van der Waals surface area contributed by atoms with E-state index >= 15 is 0 Å². The fourth-order valence-electron chi connectivity index (χ4n) is 0.654. The van der Waals surface area contributed by atoms with Gasteiger partial charge in [0.25, 0.3) is 6.43 Å². The highest BCUT2D eigenvalue weighted by atomic mass is 19.3. The molecule has 1 rings (SSSR count). The molecular weight excluding hydrogens is 159 g/mol. The molecule has 1 heterocycles. The third-order valence-electron chi connectivity index (χ3n) is 1.16. The summed E-state index contributed by atoms with van der Waals surface area (Å²) in [6, 6.07) is 0.207. The van der Waals surface area contributed by atoms with Crippen molar-refractivity contribution in [3.05, 3.63) is 23.5 Å². The second-order valence-corrected chi connectivity index (χ2v) is 1.90. The van der Waals surface area contributed by atoms with E-state index in [4.69, 9.17) is 0 Å². The molecular formula is C6H4F3NO. The summed E-state index contributed by atoms with van der Waals surface area (Å²) < 4.78 is 35.4. The zero-order valence-corrected chi connectivity index (χ0v) is 5.27. The average molecular weight is 163 g/mol. The van der Waals surface area contributed by atoms with Gasteiger partial charge in [-0.3, -0.25) is 4.79 Å². The molecule has 0 fully saturated rings. The van der Waals surface area contributed by atoms with Crippen LogP contribution in [0.2, 0.25) is 0 Å². The number of alkyl halides is 2. The van der Waals surface area contributed by atoms with Gasteiger partial charge < -0.3 is 4.98 Å². The maximum atomic E-state index is 11.8. The molecule has 5 heteroatoms. The van der Waals surface area contributed by atoms with E-state index in [2.05, 4.69) is 0 Å². The van der Waals surface area contributed by atoms with Crippen LogP contribution in [0.4, 0.5) is 13.2 Å². The molecule has 0 aliphatic heterocycles. The Balaban J connectivity index is 2.90. The third kappa shape index (κ3) is 1.60. The van der Waals surface area contributed by atoms with Gasteiger partial charge in [-0.25, -0.2) is 8.78 Å². The van der Waals surface area contributed by atoms with Crippen LogP contribution in [0.3, 0.4) is 0 Å². The van der Waals surface area contributed by atoms with Gasteiger partial charge in [-0.05, 0) is 12.1 Å². The van der Waals surface area contributed by atoms with Gasteiger partial charge in [0.05, 0.1) is 5.69 Å². The number of aromatic amines is 1. The number of nitrogens with one attached hydrogen (secondary N) is 1. The first-order valence-corrected chi connectivity index (χ1v) is 2.78. The first kappa shape index (κ1) is 7.84. The van der Waals surface area contributed by atoms with Gasteiger partial charge in [0, 0.05) is 0 Å². The maximum Gasteiger partial charge on any atom is 0.348 e. The lowest BCUT2D eigenvalue weighted by Crippen LogP contribution is -1.91. The number of carbonyl (C=O) groups excluding carboxylic acids is 1. The number of hydrogen-bond acceptors (Lipinski definition) is 1. The Morgan fingerprint density at radius 1 is 1.45 bits per heavy atom. The Morgan fingerprint density at radius 3 is 2.36 bits per heavy atom. The van der Waals surface area contributed by atoms with Crippen molar-refractivity contribution in [2.45, 2.75) is 6.43 Å². The summed E-state index contributed by atoms with van der Waals surface area (Å²) in [5, 5.41) is 0. The highest BCUT2D eigenvalue weighted by molar-refractivity contribution is 5.86. The van der Waals surface area contributed by atoms with Crippen LogP contribution in [-0.2, 0) is 0 Å². The average Bonchev–Trinajstić information content (AvgIpc) is 2.33. The summed E-state index contributed by atoms with van der Waals surface area (Å²) in [7, 11) is 0. The van der Waals surface area contributed by atoms with Crippen LogP contribution in [0.1, 0.15) is 22.6 Å². The number of aromatic nitrogens is 1. The van der Waals surface area contributed by atoms with Crippen molar-refractivity contribution in [3.63, 3.8) is 0 Å². The fraction of sp³-hybridized carbons (Fsp3) is 0.167. The Labute approximate surface area is 60.0 Å². The second kappa shape index (κ2) is 2.77. The van der Waals surface area contributed by atoms with Crippen LogP contribution in [0.25, 0.3) is 0 Å². The van der Waals surface area contributed by atoms with E-state index < -0.39 is 23.9 Å². The minimum atomic E-state index is -2.71. The van der Waals surface area contributed by atoms with E-state index in [9.17, 15) is 18.0 Å². The third-order valence-corrected chi connectivity index (χ3v) is 1.16. The van der Waals surface area contributed by atoms with Crippen molar-refractivity contribution in [1.82, 2.24) is 4.98 Å². The van der Waals surface area contributed by atoms with E-state index in [1.54, 1.807) is 0 Å². The minimum Gasteiger partial charge on any atom is -0.349 e. The Kier molecular flexibility index (Phi) is 1.98. The molecule has 0 unspecified atom stereocenters. The van der Waals surface area contributed by atoms with Crippen molar-refractivity contribution in [1.29, 1.82) is 0 Å². The summed E-state index contributed by atoms with van der Waals surface area (Å²) in [6.07, 6.45) is -2.71. The molecule has 1 aromatic rings. The maximum absolute atomic E-state index is 11.8. The molecule has 0 saturated carbocycles. The van der Waals surface area contributed by atoms with Crippen LogP contribution >= 0.6 is 0 Å². The van der Waals surface area contributed by atoms with Crippen LogP contribution in [0.15, 0.2) is 12.1 Å². The van der Waals surface area contributed by atoms with Crippen molar-refractivity contribution in [3.8, 4) is 0 Å². The van der Waals surface area contributed by atoms with E-state index in [0.717, 1.165) is 12.1 Å². The molecule has 1 N–H and O–H groups in total. The van der Waals surface area contributed by atoms with Gasteiger partial charge in [0.15, 0.2) is 0 Å². The van der Waals surface area contributed by atoms with Gasteiger partial charge >= 0.3 is 6.04 Å².